The Morgan fingerprint density at radius 2 is 1.84 bits per heavy atom. The molecule has 0 spiro atoms. The summed E-state index contributed by atoms with van der Waals surface area (Å²) in [6.45, 7) is -0.186. The van der Waals surface area contributed by atoms with Crippen molar-refractivity contribution in [1.82, 2.24) is 18.7 Å². The SMILES string of the molecule is Cn1c(=O)c2nc(Br)n(CC(=O)Nc3ccc(F)cc3)c2n(C)c1=O. The first-order chi connectivity index (χ1) is 11.8. The molecule has 1 N–H and O–H groups in total. The summed E-state index contributed by atoms with van der Waals surface area (Å²) >= 11 is 3.21. The normalized spacial score (nSPS) is 11.0. The summed E-state index contributed by atoms with van der Waals surface area (Å²) in [6, 6.07) is 5.32. The second-order valence-electron chi connectivity index (χ2n) is 5.40. The topological polar surface area (TPSA) is 90.9 Å². The van der Waals surface area contributed by atoms with Crippen molar-refractivity contribution in [1.29, 1.82) is 0 Å². The number of fused-ring (bicyclic) bond motifs is 1. The van der Waals surface area contributed by atoms with E-state index in [1.54, 1.807) is 0 Å². The number of carbonyl (C=O) groups is 1. The van der Waals surface area contributed by atoms with Crippen LogP contribution in [-0.4, -0.2) is 24.6 Å². The zero-order valence-corrected chi connectivity index (χ0v) is 14.9. The summed E-state index contributed by atoms with van der Waals surface area (Å²) in [5, 5.41) is 2.61. The third-order valence-electron chi connectivity index (χ3n) is 3.72. The molecular weight excluding hydrogens is 397 g/mol. The Morgan fingerprint density at radius 3 is 2.48 bits per heavy atom. The first-order valence-corrected chi connectivity index (χ1v) is 7.96. The van der Waals surface area contributed by atoms with Gasteiger partial charge in [0.15, 0.2) is 15.9 Å². The van der Waals surface area contributed by atoms with E-state index in [1.807, 2.05) is 0 Å². The van der Waals surface area contributed by atoms with Gasteiger partial charge in [-0.2, -0.15) is 0 Å². The molecule has 0 fully saturated rings. The number of imidazole rings is 1. The van der Waals surface area contributed by atoms with E-state index in [0.29, 0.717) is 5.69 Å². The third kappa shape index (κ3) is 3.00. The summed E-state index contributed by atoms with van der Waals surface area (Å²) < 4.78 is 16.8. The molecule has 25 heavy (non-hydrogen) atoms. The first-order valence-electron chi connectivity index (χ1n) is 7.16. The lowest BCUT2D eigenvalue weighted by Gasteiger charge is -2.10. The largest absolute Gasteiger partial charge is 0.332 e. The molecule has 0 saturated heterocycles. The van der Waals surface area contributed by atoms with E-state index in [9.17, 15) is 18.8 Å². The van der Waals surface area contributed by atoms with E-state index >= 15 is 0 Å². The van der Waals surface area contributed by atoms with Gasteiger partial charge in [0.05, 0.1) is 0 Å². The fourth-order valence-electron chi connectivity index (χ4n) is 2.48. The number of nitrogens with zero attached hydrogens (tertiary/aromatic N) is 4. The van der Waals surface area contributed by atoms with E-state index < -0.39 is 23.0 Å². The van der Waals surface area contributed by atoms with Crippen LogP contribution in [-0.2, 0) is 25.4 Å². The minimum absolute atomic E-state index is 0.0751. The van der Waals surface area contributed by atoms with E-state index in [1.165, 1.54) is 47.5 Å². The van der Waals surface area contributed by atoms with Crippen LogP contribution >= 0.6 is 15.9 Å². The van der Waals surface area contributed by atoms with Crippen molar-refractivity contribution in [3.63, 3.8) is 0 Å². The molecule has 8 nitrogen and oxygen atoms in total. The van der Waals surface area contributed by atoms with Crippen LogP contribution in [0.2, 0.25) is 0 Å². The van der Waals surface area contributed by atoms with Crippen LogP contribution in [0.5, 0.6) is 0 Å². The van der Waals surface area contributed by atoms with Crippen LogP contribution in [0, 0.1) is 5.82 Å². The maximum atomic E-state index is 12.9. The van der Waals surface area contributed by atoms with Crippen LogP contribution < -0.4 is 16.6 Å². The number of aromatic nitrogens is 4. The Balaban J connectivity index is 2.00. The van der Waals surface area contributed by atoms with Crippen molar-refractivity contribution in [2.24, 2.45) is 14.1 Å². The van der Waals surface area contributed by atoms with E-state index in [0.717, 1.165) is 4.57 Å². The summed E-state index contributed by atoms with van der Waals surface area (Å²) in [5.74, 6) is -0.827. The van der Waals surface area contributed by atoms with Gasteiger partial charge in [-0.3, -0.25) is 23.3 Å². The molecule has 0 unspecified atom stereocenters. The zero-order chi connectivity index (χ0) is 18.3. The molecule has 10 heteroatoms. The summed E-state index contributed by atoms with van der Waals surface area (Å²) in [4.78, 5) is 40.7. The van der Waals surface area contributed by atoms with Crippen molar-refractivity contribution in [3.8, 4) is 0 Å². The molecule has 3 aromatic rings. The average Bonchev–Trinajstić information content (AvgIpc) is 2.90. The molecule has 0 aliphatic heterocycles. The maximum absolute atomic E-state index is 12.9. The molecule has 1 aromatic carbocycles. The van der Waals surface area contributed by atoms with Crippen LogP contribution in [0.15, 0.2) is 38.6 Å². The number of amides is 1. The third-order valence-corrected chi connectivity index (χ3v) is 4.33. The lowest BCUT2D eigenvalue weighted by molar-refractivity contribution is -0.116. The Kier molecular flexibility index (Phi) is 4.29. The summed E-state index contributed by atoms with van der Waals surface area (Å²) in [7, 11) is 2.85. The standard InChI is InChI=1S/C15H13BrFN5O3/c1-20-12-11(13(24)21(2)15(20)25)19-14(16)22(12)7-10(23)18-9-5-3-8(17)4-6-9/h3-6H,7H2,1-2H3,(H,18,23). The molecule has 1 amide bonds. The molecule has 0 aliphatic rings. The molecule has 0 atom stereocenters. The van der Waals surface area contributed by atoms with Crippen molar-refractivity contribution < 1.29 is 9.18 Å². The number of hydrogen-bond acceptors (Lipinski definition) is 4. The van der Waals surface area contributed by atoms with Gasteiger partial charge >= 0.3 is 5.69 Å². The van der Waals surface area contributed by atoms with Gasteiger partial charge in [0.25, 0.3) is 5.56 Å². The van der Waals surface area contributed by atoms with Gasteiger partial charge in [-0.05, 0) is 40.2 Å². The maximum Gasteiger partial charge on any atom is 0.332 e. The Morgan fingerprint density at radius 1 is 1.20 bits per heavy atom. The van der Waals surface area contributed by atoms with Crippen molar-refractivity contribution in [2.75, 3.05) is 5.32 Å². The number of rotatable bonds is 3. The van der Waals surface area contributed by atoms with Crippen molar-refractivity contribution in [2.45, 2.75) is 6.54 Å². The number of hydrogen-bond donors (Lipinski definition) is 1. The Labute approximate surface area is 148 Å². The predicted octanol–water partition coefficient (Wildman–Crippen LogP) is 0.974. The molecule has 3 rings (SSSR count). The fraction of sp³-hybridized carbons (Fsp3) is 0.200. The number of nitrogens with one attached hydrogen (secondary N) is 1. The molecule has 0 aliphatic carbocycles. The lowest BCUT2D eigenvalue weighted by Crippen LogP contribution is -2.37. The molecule has 0 saturated carbocycles. The van der Waals surface area contributed by atoms with Gasteiger partial charge in [-0.25, -0.2) is 14.2 Å². The van der Waals surface area contributed by atoms with E-state index in [-0.39, 0.29) is 22.4 Å². The number of halogens is 2. The van der Waals surface area contributed by atoms with Gasteiger partial charge < -0.3 is 5.32 Å². The summed E-state index contributed by atoms with van der Waals surface area (Å²) in [5.41, 5.74) is -0.335. The highest BCUT2D eigenvalue weighted by molar-refractivity contribution is 9.10. The molecule has 0 radical (unpaired) electrons. The molecule has 0 bridgehead atoms. The molecule has 130 valence electrons. The highest BCUT2D eigenvalue weighted by atomic mass is 79.9. The fourth-order valence-corrected chi connectivity index (χ4v) is 2.95. The van der Waals surface area contributed by atoms with Crippen molar-refractivity contribution in [3.05, 3.63) is 55.7 Å². The molecule has 2 aromatic heterocycles. The van der Waals surface area contributed by atoms with Crippen LogP contribution in [0.1, 0.15) is 0 Å². The monoisotopic (exact) mass is 409 g/mol. The van der Waals surface area contributed by atoms with Crippen LogP contribution in [0.3, 0.4) is 0 Å². The zero-order valence-electron chi connectivity index (χ0n) is 13.3. The minimum atomic E-state index is -0.545. The quantitative estimate of drug-likeness (QED) is 0.652. The highest BCUT2D eigenvalue weighted by Crippen LogP contribution is 2.17. The first kappa shape index (κ1) is 17.1. The number of benzene rings is 1. The van der Waals surface area contributed by atoms with Gasteiger partial charge in [-0.1, -0.05) is 0 Å². The van der Waals surface area contributed by atoms with Crippen LogP contribution in [0.4, 0.5) is 10.1 Å². The van der Waals surface area contributed by atoms with E-state index in [2.05, 4.69) is 26.2 Å². The van der Waals surface area contributed by atoms with E-state index in [4.69, 9.17) is 0 Å². The predicted molar refractivity (Wildman–Crippen MR) is 92.9 cm³/mol. The number of anilines is 1. The smallest absolute Gasteiger partial charge is 0.325 e. The highest BCUT2D eigenvalue weighted by Gasteiger charge is 2.19. The number of carbonyl (C=O) groups excluding carboxylic acids is 1. The van der Waals surface area contributed by atoms with Gasteiger partial charge in [0.2, 0.25) is 5.91 Å². The van der Waals surface area contributed by atoms with Gasteiger partial charge in [0, 0.05) is 19.8 Å². The minimum Gasteiger partial charge on any atom is -0.325 e. The lowest BCUT2D eigenvalue weighted by atomic mass is 10.3. The molecular formula is C15H13BrFN5O3. The Hall–Kier alpha value is -2.75. The van der Waals surface area contributed by atoms with Gasteiger partial charge in [0.1, 0.15) is 12.4 Å². The number of aryl methyl sites for hydroxylation is 1. The Bertz CT molecular complexity index is 1100. The van der Waals surface area contributed by atoms with Crippen LogP contribution in [0.25, 0.3) is 11.2 Å². The molecule has 2 heterocycles. The van der Waals surface area contributed by atoms with Gasteiger partial charge in [-0.15, -0.1) is 0 Å². The summed E-state index contributed by atoms with van der Waals surface area (Å²) in [6.07, 6.45) is 0. The second-order valence-corrected chi connectivity index (χ2v) is 6.11. The second kappa shape index (κ2) is 6.28. The van der Waals surface area contributed by atoms with Crippen molar-refractivity contribution >= 4 is 38.7 Å². The average molecular weight is 410 g/mol.